The average Bonchev–Trinajstić information content (AvgIpc) is 3.54. The third kappa shape index (κ3) is 5.91. The molecule has 180 valence electrons. The SMILES string of the molecule is O=C(NN=Cc1ccc(-c2ccc(C(=O)O)cc2)o1)N/N=C/c1ccc(-c2ccc(C(=O)O)cc2)o1. The summed E-state index contributed by atoms with van der Waals surface area (Å²) in [6.07, 6.45) is 2.60. The number of urea groups is 1. The summed E-state index contributed by atoms with van der Waals surface area (Å²) in [4.78, 5) is 33.7. The average molecular weight is 486 g/mol. The fraction of sp³-hybridized carbons (Fsp3) is 0. The second-order valence-corrected chi connectivity index (χ2v) is 7.24. The third-order valence-corrected chi connectivity index (χ3v) is 4.80. The Labute approximate surface area is 203 Å². The minimum Gasteiger partial charge on any atom is -0.478 e. The molecule has 2 heterocycles. The van der Waals surface area contributed by atoms with Gasteiger partial charge in [0.05, 0.1) is 23.6 Å². The number of hydrazone groups is 2. The number of rotatable bonds is 8. The Morgan fingerprint density at radius 3 is 1.36 bits per heavy atom. The van der Waals surface area contributed by atoms with Crippen LogP contribution in [0.2, 0.25) is 0 Å². The number of nitrogens with zero attached hydrogens (tertiary/aromatic N) is 2. The number of furan rings is 2. The van der Waals surface area contributed by atoms with Crippen LogP contribution < -0.4 is 10.9 Å². The molecular formula is C25H18N4O7. The van der Waals surface area contributed by atoms with Crippen molar-refractivity contribution in [2.45, 2.75) is 0 Å². The summed E-state index contributed by atoms with van der Waals surface area (Å²) in [6, 6.07) is 18.4. The van der Waals surface area contributed by atoms with E-state index in [0.717, 1.165) is 0 Å². The van der Waals surface area contributed by atoms with E-state index >= 15 is 0 Å². The standard InChI is InChI=1S/C25H18N4O7/c30-23(31)17-5-1-15(2-6-17)21-11-9-19(35-21)13-26-28-25(34)29-27-14-20-10-12-22(36-20)16-3-7-18(8-4-16)24(32)33/h1-14H,(H,30,31)(H,32,33)(H2,28,29,34)/b26-13+,27-14?. The zero-order valence-corrected chi connectivity index (χ0v) is 18.4. The van der Waals surface area contributed by atoms with Crippen molar-refractivity contribution >= 4 is 30.4 Å². The molecule has 11 heteroatoms. The Balaban J connectivity index is 1.26. The normalized spacial score (nSPS) is 11.1. The summed E-state index contributed by atoms with van der Waals surface area (Å²) in [5.41, 5.74) is 6.19. The zero-order chi connectivity index (χ0) is 25.5. The van der Waals surface area contributed by atoms with E-state index in [0.29, 0.717) is 34.2 Å². The van der Waals surface area contributed by atoms with Gasteiger partial charge >= 0.3 is 18.0 Å². The van der Waals surface area contributed by atoms with E-state index in [1.54, 1.807) is 48.5 Å². The molecule has 0 atom stereocenters. The molecule has 2 aromatic carbocycles. The fourth-order valence-corrected chi connectivity index (χ4v) is 3.04. The molecule has 4 rings (SSSR count). The van der Waals surface area contributed by atoms with Crippen LogP contribution in [-0.2, 0) is 0 Å². The van der Waals surface area contributed by atoms with Crippen molar-refractivity contribution in [2.75, 3.05) is 0 Å². The Hall–Kier alpha value is -5.45. The third-order valence-electron chi connectivity index (χ3n) is 4.80. The molecule has 2 aromatic heterocycles. The topological polar surface area (TPSA) is 167 Å². The number of carboxylic acid groups (broad SMARTS) is 2. The van der Waals surface area contributed by atoms with Gasteiger partial charge in [0.1, 0.15) is 23.0 Å². The lowest BCUT2D eigenvalue weighted by Crippen LogP contribution is -2.28. The summed E-state index contributed by atoms with van der Waals surface area (Å²) >= 11 is 0. The van der Waals surface area contributed by atoms with Gasteiger partial charge in [-0.1, -0.05) is 24.3 Å². The Morgan fingerprint density at radius 1 is 0.611 bits per heavy atom. The number of carbonyl (C=O) groups is 3. The van der Waals surface area contributed by atoms with Crippen LogP contribution in [0, 0.1) is 0 Å². The maximum absolute atomic E-state index is 11.8. The molecule has 0 saturated heterocycles. The van der Waals surface area contributed by atoms with Gasteiger partial charge in [-0.15, -0.1) is 0 Å². The highest BCUT2D eigenvalue weighted by molar-refractivity contribution is 5.89. The van der Waals surface area contributed by atoms with Gasteiger partial charge in [0.25, 0.3) is 0 Å². The quantitative estimate of drug-likeness (QED) is 0.213. The number of carbonyl (C=O) groups excluding carboxylic acids is 1. The molecule has 36 heavy (non-hydrogen) atoms. The van der Waals surface area contributed by atoms with Crippen molar-refractivity contribution in [2.24, 2.45) is 10.2 Å². The van der Waals surface area contributed by atoms with Gasteiger partial charge in [0, 0.05) is 11.1 Å². The minimum atomic E-state index is -1.01. The highest BCUT2D eigenvalue weighted by Gasteiger charge is 2.08. The van der Waals surface area contributed by atoms with E-state index in [4.69, 9.17) is 19.0 Å². The number of aromatic carboxylic acids is 2. The molecule has 0 aliphatic heterocycles. The van der Waals surface area contributed by atoms with Crippen LogP contribution in [0.25, 0.3) is 22.6 Å². The summed E-state index contributed by atoms with van der Waals surface area (Å²) in [6.45, 7) is 0. The Kier molecular flexibility index (Phi) is 7.01. The van der Waals surface area contributed by atoms with Crippen molar-refractivity contribution in [3.8, 4) is 22.6 Å². The minimum absolute atomic E-state index is 0.171. The van der Waals surface area contributed by atoms with Crippen LogP contribution in [0.5, 0.6) is 0 Å². The molecule has 0 aliphatic rings. The van der Waals surface area contributed by atoms with E-state index < -0.39 is 18.0 Å². The molecule has 0 spiro atoms. The number of nitrogens with one attached hydrogen (secondary N) is 2. The number of hydrogen-bond acceptors (Lipinski definition) is 7. The first-order valence-electron chi connectivity index (χ1n) is 10.4. The van der Waals surface area contributed by atoms with E-state index in [1.165, 1.54) is 36.7 Å². The Bertz CT molecular complexity index is 1340. The maximum Gasteiger partial charge on any atom is 0.355 e. The Morgan fingerprint density at radius 2 is 1.00 bits per heavy atom. The van der Waals surface area contributed by atoms with Crippen LogP contribution in [0.1, 0.15) is 32.2 Å². The first-order chi connectivity index (χ1) is 17.4. The largest absolute Gasteiger partial charge is 0.478 e. The number of benzene rings is 2. The van der Waals surface area contributed by atoms with E-state index in [2.05, 4.69) is 21.1 Å². The molecule has 0 saturated carbocycles. The highest BCUT2D eigenvalue weighted by Crippen LogP contribution is 2.23. The summed E-state index contributed by atoms with van der Waals surface area (Å²) < 4.78 is 11.2. The first kappa shape index (κ1) is 23.7. The van der Waals surface area contributed by atoms with Crippen molar-refractivity contribution in [3.63, 3.8) is 0 Å². The molecule has 2 amide bonds. The maximum atomic E-state index is 11.8. The monoisotopic (exact) mass is 486 g/mol. The van der Waals surface area contributed by atoms with E-state index in [1.807, 2.05) is 0 Å². The van der Waals surface area contributed by atoms with Gasteiger partial charge in [-0.3, -0.25) is 0 Å². The van der Waals surface area contributed by atoms with Gasteiger partial charge in [0.2, 0.25) is 0 Å². The number of amides is 2. The van der Waals surface area contributed by atoms with Crippen molar-refractivity contribution in [3.05, 3.63) is 95.4 Å². The fourth-order valence-electron chi connectivity index (χ4n) is 3.04. The van der Waals surface area contributed by atoms with Crippen LogP contribution in [-0.4, -0.2) is 40.6 Å². The zero-order valence-electron chi connectivity index (χ0n) is 18.4. The molecule has 0 unspecified atom stereocenters. The lowest BCUT2D eigenvalue weighted by Gasteiger charge is -1.98. The molecule has 11 nitrogen and oxygen atoms in total. The van der Waals surface area contributed by atoms with Crippen molar-refractivity contribution in [1.29, 1.82) is 0 Å². The van der Waals surface area contributed by atoms with Gasteiger partial charge in [0.15, 0.2) is 0 Å². The lowest BCUT2D eigenvalue weighted by atomic mass is 10.1. The second kappa shape index (κ2) is 10.7. The molecule has 4 aromatic rings. The summed E-state index contributed by atoms with van der Waals surface area (Å²) in [5, 5.41) is 25.5. The molecule has 0 bridgehead atoms. The second-order valence-electron chi connectivity index (χ2n) is 7.24. The van der Waals surface area contributed by atoms with Crippen molar-refractivity contribution < 1.29 is 33.4 Å². The molecule has 4 N–H and O–H groups in total. The molecule has 0 aliphatic carbocycles. The molecule has 0 radical (unpaired) electrons. The summed E-state index contributed by atoms with van der Waals surface area (Å²) in [5.74, 6) is -0.259. The number of hydrogen-bond donors (Lipinski definition) is 4. The van der Waals surface area contributed by atoms with Gasteiger partial charge < -0.3 is 19.0 Å². The van der Waals surface area contributed by atoms with Crippen LogP contribution in [0.15, 0.2) is 91.8 Å². The smallest absolute Gasteiger partial charge is 0.355 e. The van der Waals surface area contributed by atoms with Gasteiger partial charge in [-0.2, -0.15) is 10.2 Å². The van der Waals surface area contributed by atoms with Crippen LogP contribution in [0.3, 0.4) is 0 Å². The van der Waals surface area contributed by atoms with Gasteiger partial charge in [-0.25, -0.2) is 25.2 Å². The van der Waals surface area contributed by atoms with Crippen LogP contribution in [0.4, 0.5) is 4.79 Å². The predicted molar refractivity (Wildman–Crippen MR) is 129 cm³/mol. The van der Waals surface area contributed by atoms with E-state index in [-0.39, 0.29) is 11.1 Å². The first-order valence-corrected chi connectivity index (χ1v) is 10.4. The predicted octanol–water partition coefficient (Wildman–Crippen LogP) is 4.27. The van der Waals surface area contributed by atoms with Crippen molar-refractivity contribution in [1.82, 2.24) is 10.9 Å². The molecular weight excluding hydrogens is 468 g/mol. The summed E-state index contributed by atoms with van der Waals surface area (Å²) in [7, 11) is 0. The number of carboxylic acids is 2. The molecule has 0 fully saturated rings. The van der Waals surface area contributed by atoms with Gasteiger partial charge in [-0.05, 0) is 48.5 Å². The lowest BCUT2D eigenvalue weighted by molar-refractivity contribution is 0.0686. The van der Waals surface area contributed by atoms with E-state index in [9.17, 15) is 14.4 Å². The highest BCUT2D eigenvalue weighted by atomic mass is 16.4. The van der Waals surface area contributed by atoms with Crippen LogP contribution >= 0.6 is 0 Å².